The molecule has 29 heavy (non-hydrogen) atoms. The Morgan fingerprint density at radius 3 is 2.52 bits per heavy atom. The number of carbonyl (C=O) groups excluding carboxylic acids is 2. The monoisotopic (exact) mass is 412 g/mol. The summed E-state index contributed by atoms with van der Waals surface area (Å²) in [6.45, 7) is 2.70. The number of ketones is 1. The van der Waals surface area contributed by atoms with Crippen LogP contribution in [0.15, 0.2) is 42.5 Å². The SMILES string of the molecule is Cl.O=C(CCCCNCCc1ccccc1)c1cc2c3c(c1)CCN3C(=O)CC2. The topological polar surface area (TPSA) is 49.4 Å². The Morgan fingerprint density at radius 2 is 1.72 bits per heavy atom. The molecule has 2 aliphatic rings. The summed E-state index contributed by atoms with van der Waals surface area (Å²) >= 11 is 0. The van der Waals surface area contributed by atoms with Crippen LogP contribution in [0.25, 0.3) is 0 Å². The molecule has 0 unspecified atom stereocenters. The molecular weight excluding hydrogens is 384 g/mol. The largest absolute Gasteiger partial charge is 0.316 e. The highest BCUT2D eigenvalue weighted by atomic mass is 35.5. The fraction of sp³-hybridized carbons (Fsp3) is 0.417. The number of halogens is 1. The molecule has 1 amide bonds. The Balaban J connectivity index is 0.00000240. The van der Waals surface area contributed by atoms with E-state index >= 15 is 0 Å². The first-order valence-corrected chi connectivity index (χ1v) is 10.5. The van der Waals surface area contributed by atoms with Crippen molar-refractivity contribution in [3.8, 4) is 0 Å². The van der Waals surface area contributed by atoms with Gasteiger partial charge in [0, 0.05) is 24.9 Å². The number of benzene rings is 2. The lowest BCUT2D eigenvalue weighted by molar-refractivity contribution is -0.118. The van der Waals surface area contributed by atoms with Crippen molar-refractivity contribution >= 4 is 29.8 Å². The molecule has 0 aliphatic carbocycles. The molecule has 0 saturated carbocycles. The van der Waals surface area contributed by atoms with Crippen LogP contribution in [0.2, 0.25) is 0 Å². The number of unbranched alkanes of at least 4 members (excludes halogenated alkanes) is 1. The van der Waals surface area contributed by atoms with E-state index in [9.17, 15) is 9.59 Å². The van der Waals surface area contributed by atoms with Crippen molar-refractivity contribution in [2.24, 2.45) is 0 Å². The lowest BCUT2D eigenvalue weighted by atomic mass is 9.94. The van der Waals surface area contributed by atoms with E-state index in [-0.39, 0.29) is 24.1 Å². The highest BCUT2D eigenvalue weighted by molar-refractivity contribution is 6.02. The maximum Gasteiger partial charge on any atom is 0.227 e. The quantitative estimate of drug-likeness (QED) is 0.497. The summed E-state index contributed by atoms with van der Waals surface area (Å²) in [6, 6.07) is 14.5. The number of aryl methyl sites for hydroxylation is 1. The van der Waals surface area contributed by atoms with E-state index in [1.807, 2.05) is 23.1 Å². The molecule has 0 fully saturated rings. The summed E-state index contributed by atoms with van der Waals surface area (Å²) < 4.78 is 0. The highest BCUT2D eigenvalue weighted by Gasteiger charge is 2.31. The van der Waals surface area contributed by atoms with Gasteiger partial charge in [0.05, 0.1) is 5.69 Å². The number of carbonyl (C=O) groups is 2. The van der Waals surface area contributed by atoms with Crippen molar-refractivity contribution in [2.75, 3.05) is 24.5 Å². The van der Waals surface area contributed by atoms with Crippen molar-refractivity contribution in [3.05, 3.63) is 64.7 Å². The minimum Gasteiger partial charge on any atom is -0.316 e. The van der Waals surface area contributed by atoms with Gasteiger partial charge in [-0.1, -0.05) is 30.3 Å². The van der Waals surface area contributed by atoms with Crippen LogP contribution in [0, 0.1) is 0 Å². The molecular formula is C24H29ClN2O2. The predicted molar refractivity (Wildman–Crippen MR) is 119 cm³/mol. The molecule has 4 nitrogen and oxygen atoms in total. The van der Waals surface area contributed by atoms with Gasteiger partial charge in [0.1, 0.15) is 0 Å². The van der Waals surface area contributed by atoms with Crippen LogP contribution in [0.3, 0.4) is 0 Å². The Hall–Kier alpha value is -2.17. The molecule has 0 saturated heterocycles. The van der Waals surface area contributed by atoms with Crippen LogP contribution in [-0.2, 0) is 24.1 Å². The van der Waals surface area contributed by atoms with Crippen molar-refractivity contribution in [2.45, 2.75) is 44.9 Å². The minimum atomic E-state index is 0. The molecule has 0 atom stereocenters. The van der Waals surface area contributed by atoms with E-state index in [0.717, 1.165) is 63.0 Å². The van der Waals surface area contributed by atoms with Gasteiger partial charge in [-0.25, -0.2) is 0 Å². The van der Waals surface area contributed by atoms with Gasteiger partial charge in [-0.3, -0.25) is 9.59 Å². The van der Waals surface area contributed by atoms with E-state index in [1.54, 1.807) is 0 Å². The number of rotatable bonds is 9. The molecule has 4 rings (SSSR count). The van der Waals surface area contributed by atoms with Crippen molar-refractivity contribution < 1.29 is 9.59 Å². The molecule has 0 radical (unpaired) electrons. The summed E-state index contributed by atoms with van der Waals surface area (Å²) in [5.41, 5.74) is 5.64. The van der Waals surface area contributed by atoms with Crippen molar-refractivity contribution in [1.29, 1.82) is 0 Å². The third-order valence-corrected chi connectivity index (χ3v) is 5.81. The molecule has 1 N–H and O–H groups in total. The van der Waals surface area contributed by atoms with Gasteiger partial charge in [0.15, 0.2) is 5.78 Å². The first-order chi connectivity index (χ1) is 13.7. The molecule has 0 bridgehead atoms. The number of anilines is 1. The zero-order chi connectivity index (χ0) is 19.3. The lowest BCUT2D eigenvalue weighted by Crippen LogP contribution is -2.32. The molecule has 2 aromatic rings. The van der Waals surface area contributed by atoms with Gasteiger partial charge in [-0.2, -0.15) is 0 Å². The average Bonchev–Trinajstić information content (AvgIpc) is 3.16. The van der Waals surface area contributed by atoms with Gasteiger partial charge >= 0.3 is 0 Å². The second-order valence-corrected chi connectivity index (χ2v) is 7.80. The van der Waals surface area contributed by atoms with E-state index < -0.39 is 0 Å². The number of amides is 1. The van der Waals surface area contributed by atoms with E-state index in [2.05, 4.69) is 29.6 Å². The normalized spacial score (nSPS) is 14.5. The van der Waals surface area contributed by atoms with E-state index in [4.69, 9.17) is 0 Å². The third-order valence-electron chi connectivity index (χ3n) is 5.81. The fourth-order valence-corrected chi connectivity index (χ4v) is 4.30. The van der Waals surface area contributed by atoms with Crippen LogP contribution < -0.4 is 10.2 Å². The lowest BCUT2D eigenvalue weighted by Gasteiger charge is -2.25. The zero-order valence-corrected chi connectivity index (χ0v) is 17.6. The number of hydrogen-bond donors (Lipinski definition) is 1. The zero-order valence-electron chi connectivity index (χ0n) is 16.8. The first kappa shape index (κ1) is 21.5. The number of nitrogens with one attached hydrogen (secondary N) is 1. The Kier molecular flexibility index (Phi) is 7.45. The molecule has 0 spiro atoms. The maximum absolute atomic E-state index is 12.6. The second-order valence-electron chi connectivity index (χ2n) is 7.80. The van der Waals surface area contributed by atoms with Gasteiger partial charge in [0.25, 0.3) is 0 Å². The Labute approximate surface area is 179 Å². The molecule has 2 heterocycles. The molecule has 5 heteroatoms. The van der Waals surface area contributed by atoms with Crippen molar-refractivity contribution in [1.82, 2.24) is 5.32 Å². The summed E-state index contributed by atoms with van der Waals surface area (Å²) in [6.07, 6.45) is 5.77. The highest BCUT2D eigenvalue weighted by Crippen LogP contribution is 2.37. The second kappa shape index (κ2) is 10.0. The third kappa shape index (κ3) is 5.06. The summed E-state index contributed by atoms with van der Waals surface area (Å²) in [5.74, 6) is 0.462. The van der Waals surface area contributed by atoms with Crippen LogP contribution in [0.1, 0.15) is 52.7 Å². The number of hydrogen-bond acceptors (Lipinski definition) is 3. The minimum absolute atomic E-state index is 0. The first-order valence-electron chi connectivity index (χ1n) is 10.5. The summed E-state index contributed by atoms with van der Waals surface area (Å²) in [7, 11) is 0. The van der Waals surface area contributed by atoms with Gasteiger partial charge in [-0.15, -0.1) is 12.4 Å². The van der Waals surface area contributed by atoms with Crippen molar-refractivity contribution in [3.63, 3.8) is 0 Å². The van der Waals surface area contributed by atoms with Crippen LogP contribution >= 0.6 is 12.4 Å². The summed E-state index contributed by atoms with van der Waals surface area (Å²) in [5, 5.41) is 3.47. The van der Waals surface area contributed by atoms with E-state index in [1.165, 1.54) is 16.7 Å². The smallest absolute Gasteiger partial charge is 0.227 e. The van der Waals surface area contributed by atoms with Crippen LogP contribution in [0.5, 0.6) is 0 Å². The van der Waals surface area contributed by atoms with Crippen LogP contribution in [0.4, 0.5) is 5.69 Å². The maximum atomic E-state index is 12.6. The average molecular weight is 413 g/mol. The summed E-state index contributed by atoms with van der Waals surface area (Å²) in [4.78, 5) is 26.6. The Bertz CT molecular complexity index is 867. The van der Waals surface area contributed by atoms with Crippen LogP contribution in [-0.4, -0.2) is 31.3 Å². The molecule has 2 aliphatic heterocycles. The van der Waals surface area contributed by atoms with Gasteiger partial charge < -0.3 is 10.2 Å². The van der Waals surface area contributed by atoms with E-state index in [0.29, 0.717) is 12.8 Å². The number of nitrogens with zero attached hydrogens (tertiary/aromatic N) is 1. The standard InChI is InChI=1S/C24H28N2O2.ClH/c27-22(8-4-5-13-25-14-11-18-6-2-1-3-7-18)21-16-19-9-10-23(28)26-15-12-20(17-21)24(19)26;/h1-3,6-7,16-17,25H,4-5,8-15H2;1H. The van der Waals surface area contributed by atoms with Gasteiger partial charge in [0.2, 0.25) is 5.91 Å². The molecule has 0 aromatic heterocycles. The fourth-order valence-electron chi connectivity index (χ4n) is 4.30. The molecule has 2 aromatic carbocycles. The predicted octanol–water partition coefficient (Wildman–Crippen LogP) is 4.13. The Morgan fingerprint density at radius 1 is 0.966 bits per heavy atom. The number of Topliss-reactive ketones (excluding diaryl/α,β-unsaturated/α-hetero) is 1. The van der Waals surface area contributed by atoms with Gasteiger partial charge in [-0.05, 0) is 74.0 Å². The molecule has 154 valence electrons.